The lowest BCUT2D eigenvalue weighted by Crippen LogP contribution is -2.21. The van der Waals surface area contributed by atoms with Crippen molar-refractivity contribution in [3.63, 3.8) is 0 Å². The fourth-order valence-corrected chi connectivity index (χ4v) is 1.88. The quantitative estimate of drug-likeness (QED) is 0.527. The molecule has 8 nitrogen and oxygen atoms in total. The predicted octanol–water partition coefficient (Wildman–Crippen LogP) is 1.94. The highest BCUT2D eigenvalue weighted by Crippen LogP contribution is 2.24. The van der Waals surface area contributed by atoms with Gasteiger partial charge in [0.2, 0.25) is 5.95 Å². The minimum absolute atomic E-state index is 0.0602. The molecular weight excluding hydrogens is 306 g/mol. The van der Waals surface area contributed by atoms with Gasteiger partial charge < -0.3 is 27.8 Å². The standard InChI is InChI=1S/C16H23N7O/c1-16(2,3)8-21-15-20-7-10(13(19)24)14(23-15)22-9-4-5-11(17)12(18)6-9/h4-7H,8,17-18H2,1-3H3,(H2,19,24)(H2,20,21,22,23). The Morgan fingerprint density at radius 1 is 1.21 bits per heavy atom. The summed E-state index contributed by atoms with van der Waals surface area (Å²) in [5.74, 6) is 0.0854. The van der Waals surface area contributed by atoms with Crippen molar-refractivity contribution >= 4 is 34.7 Å². The number of anilines is 5. The molecule has 1 aromatic carbocycles. The van der Waals surface area contributed by atoms with Gasteiger partial charge in [-0.25, -0.2) is 4.98 Å². The van der Waals surface area contributed by atoms with E-state index in [9.17, 15) is 4.79 Å². The zero-order chi connectivity index (χ0) is 17.9. The molecule has 1 aromatic heterocycles. The lowest BCUT2D eigenvalue weighted by Gasteiger charge is -2.19. The van der Waals surface area contributed by atoms with Gasteiger partial charge in [0.15, 0.2) is 0 Å². The third-order valence-corrected chi connectivity index (χ3v) is 3.18. The molecule has 8 heteroatoms. The normalized spacial score (nSPS) is 11.1. The number of carbonyl (C=O) groups is 1. The summed E-state index contributed by atoms with van der Waals surface area (Å²) in [5.41, 5.74) is 18.7. The van der Waals surface area contributed by atoms with E-state index in [0.29, 0.717) is 35.4 Å². The van der Waals surface area contributed by atoms with Crippen LogP contribution in [0.5, 0.6) is 0 Å². The summed E-state index contributed by atoms with van der Waals surface area (Å²) < 4.78 is 0. The summed E-state index contributed by atoms with van der Waals surface area (Å²) in [6.07, 6.45) is 1.39. The van der Waals surface area contributed by atoms with Crippen LogP contribution < -0.4 is 27.8 Å². The van der Waals surface area contributed by atoms with Gasteiger partial charge in [-0.3, -0.25) is 4.79 Å². The third kappa shape index (κ3) is 4.48. The summed E-state index contributed by atoms with van der Waals surface area (Å²) in [6, 6.07) is 5.06. The number of rotatable bonds is 5. The smallest absolute Gasteiger partial charge is 0.254 e. The number of nitrogens with zero attached hydrogens (tertiary/aromatic N) is 2. The van der Waals surface area contributed by atoms with Crippen molar-refractivity contribution in [1.82, 2.24) is 9.97 Å². The maximum Gasteiger partial charge on any atom is 0.254 e. The summed E-state index contributed by atoms with van der Waals surface area (Å²) >= 11 is 0. The van der Waals surface area contributed by atoms with Crippen LogP contribution >= 0.6 is 0 Å². The Morgan fingerprint density at radius 3 is 2.50 bits per heavy atom. The molecule has 0 radical (unpaired) electrons. The fourth-order valence-electron chi connectivity index (χ4n) is 1.88. The summed E-state index contributed by atoms with van der Waals surface area (Å²) in [4.78, 5) is 20.1. The minimum atomic E-state index is -0.622. The number of amides is 1. The van der Waals surface area contributed by atoms with Crippen molar-refractivity contribution in [3.8, 4) is 0 Å². The molecule has 8 N–H and O–H groups in total. The second kappa shape index (κ2) is 6.61. The molecule has 0 aliphatic rings. The van der Waals surface area contributed by atoms with Crippen LogP contribution in [0.15, 0.2) is 24.4 Å². The lowest BCUT2D eigenvalue weighted by atomic mass is 9.97. The fraction of sp³-hybridized carbons (Fsp3) is 0.312. The van der Waals surface area contributed by atoms with Gasteiger partial charge in [-0.15, -0.1) is 0 Å². The molecule has 0 spiro atoms. The highest BCUT2D eigenvalue weighted by Gasteiger charge is 2.15. The molecule has 0 atom stereocenters. The van der Waals surface area contributed by atoms with Crippen LogP contribution in [0.2, 0.25) is 0 Å². The van der Waals surface area contributed by atoms with E-state index < -0.39 is 5.91 Å². The topological polar surface area (TPSA) is 145 Å². The molecule has 128 valence electrons. The molecule has 0 aliphatic carbocycles. The van der Waals surface area contributed by atoms with Crippen LogP contribution in [0.4, 0.5) is 28.8 Å². The Kier molecular flexibility index (Phi) is 4.77. The second-order valence-corrected chi connectivity index (χ2v) is 6.70. The van der Waals surface area contributed by atoms with E-state index in [1.807, 2.05) is 0 Å². The number of benzene rings is 1. The molecule has 2 aromatic rings. The first-order valence-electron chi connectivity index (χ1n) is 7.48. The number of carbonyl (C=O) groups excluding carboxylic acids is 1. The van der Waals surface area contributed by atoms with Crippen LogP contribution in [0.1, 0.15) is 31.1 Å². The Morgan fingerprint density at radius 2 is 1.92 bits per heavy atom. The number of aromatic nitrogens is 2. The summed E-state index contributed by atoms with van der Waals surface area (Å²) in [6.45, 7) is 6.95. The first-order valence-corrected chi connectivity index (χ1v) is 7.48. The number of hydrogen-bond donors (Lipinski definition) is 5. The monoisotopic (exact) mass is 329 g/mol. The lowest BCUT2D eigenvalue weighted by molar-refractivity contribution is 0.100. The summed E-state index contributed by atoms with van der Waals surface area (Å²) in [5, 5.41) is 6.17. The molecule has 0 aliphatic heterocycles. The van der Waals surface area contributed by atoms with Gasteiger partial charge in [0.25, 0.3) is 5.91 Å². The molecule has 24 heavy (non-hydrogen) atoms. The van der Waals surface area contributed by atoms with Crippen molar-refractivity contribution in [2.75, 3.05) is 28.6 Å². The molecule has 0 unspecified atom stereocenters. The Balaban J connectivity index is 2.30. The van der Waals surface area contributed by atoms with Crippen molar-refractivity contribution in [2.45, 2.75) is 20.8 Å². The number of primary amides is 1. The SMILES string of the molecule is CC(C)(C)CNc1ncc(C(N)=O)c(Nc2ccc(N)c(N)c2)n1. The van der Waals surface area contributed by atoms with Crippen molar-refractivity contribution in [3.05, 3.63) is 30.0 Å². The van der Waals surface area contributed by atoms with E-state index in [1.54, 1.807) is 18.2 Å². The highest BCUT2D eigenvalue weighted by molar-refractivity contribution is 5.98. The average Bonchev–Trinajstić information content (AvgIpc) is 2.48. The molecule has 0 bridgehead atoms. The first-order chi connectivity index (χ1) is 11.2. The zero-order valence-corrected chi connectivity index (χ0v) is 14.1. The highest BCUT2D eigenvalue weighted by atomic mass is 16.1. The van der Waals surface area contributed by atoms with Gasteiger partial charge >= 0.3 is 0 Å². The second-order valence-electron chi connectivity index (χ2n) is 6.70. The van der Waals surface area contributed by atoms with E-state index >= 15 is 0 Å². The minimum Gasteiger partial charge on any atom is -0.397 e. The zero-order valence-electron chi connectivity index (χ0n) is 14.1. The van der Waals surface area contributed by atoms with Crippen LogP contribution in [0, 0.1) is 5.41 Å². The maximum atomic E-state index is 11.6. The molecule has 1 heterocycles. The maximum absolute atomic E-state index is 11.6. The largest absolute Gasteiger partial charge is 0.397 e. The van der Waals surface area contributed by atoms with Crippen LogP contribution in [-0.4, -0.2) is 22.4 Å². The average molecular weight is 329 g/mol. The molecule has 0 saturated heterocycles. The predicted molar refractivity (Wildman–Crippen MR) is 97.0 cm³/mol. The van der Waals surface area contributed by atoms with Gasteiger partial charge in [-0.2, -0.15) is 4.98 Å². The number of nitrogens with one attached hydrogen (secondary N) is 2. The van der Waals surface area contributed by atoms with Gasteiger partial charge in [0, 0.05) is 18.4 Å². The van der Waals surface area contributed by atoms with Gasteiger partial charge in [-0.1, -0.05) is 20.8 Å². The van der Waals surface area contributed by atoms with Crippen molar-refractivity contribution in [2.24, 2.45) is 11.1 Å². The van der Waals surface area contributed by atoms with E-state index in [-0.39, 0.29) is 11.0 Å². The summed E-state index contributed by atoms with van der Waals surface area (Å²) in [7, 11) is 0. The molecule has 2 rings (SSSR count). The molecular formula is C16H23N7O. The number of nitrogens with two attached hydrogens (primary N) is 3. The van der Waals surface area contributed by atoms with Crippen molar-refractivity contribution < 1.29 is 4.79 Å². The van der Waals surface area contributed by atoms with E-state index in [1.165, 1.54) is 6.20 Å². The Labute approximate surface area is 140 Å². The first kappa shape index (κ1) is 17.3. The van der Waals surface area contributed by atoms with E-state index in [2.05, 4.69) is 41.4 Å². The molecule has 0 fully saturated rings. The van der Waals surface area contributed by atoms with Crippen LogP contribution in [0.25, 0.3) is 0 Å². The third-order valence-electron chi connectivity index (χ3n) is 3.18. The van der Waals surface area contributed by atoms with Gasteiger partial charge in [0.05, 0.1) is 11.4 Å². The number of hydrogen-bond acceptors (Lipinski definition) is 7. The van der Waals surface area contributed by atoms with E-state index in [0.717, 1.165) is 0 Å². The van der Waals surface area contributed by atoms with Crippen molar-refractivity contribution in [1.29, 1.82) is 0 Å². The van der Waals surface area contributed by atoms with Gasteiger partial charge in [-0.05, 0) is 23.6 Å². The van der Waals surface area contributed by atoms with Crippen LogP contribution in [0.3, 0.4) is 0 Å². The van der Waals surface area contributed by atoms with E-state index in [4.69, 9.17) is 17.2 Å². The molecule has 0 saturated carbocycles. The Bertz CT molecular complexity index is 753. The molecule has 1 amide bonds. The number of nitrogen functional groups attached to an aromatic ring is 2. The van der Waals surface area contributed by atoms with Crippen LogP contribution in [-0.2, 0) is 0 Å². The van der Waals surface area contributed by atoms with Gasteiger partial charge in [0.1, 0.15) is 11.4 Å². The Hall–Kier alpha value is -3.03.